The topological polar surface area (TPSA) is 114 Å². The first kappa shape index (κ1) is 19.0. The maximum atomic E-state index is 12.3. The maximum Gasteiger partial charge on any atom is 0.319 e. The van der Waals surface area contributed by atoms with Gasteiger partial charge in [0.15, 0.2) is 17.3 Å². The minimum Gasteiger partial charge on any atom is -0.454 e. The lowest BCUT2D eigenvalue weighted by Gasteiger charge is -2.27. The van der Waals surface area contributed by atoms with Gasteiger partial charge >= 0.3 is 6.03 Å². The Kier molecular flexibility index (Phi) is 5.47. The highest BCUT2D eigenvalue weighted by molar-refractivity contribution is 5.89. The van der Waals surface area contributed by atoms with E-state index in [1.807, 2.05) is 23.9 Å². The fourth-order valence-corrected chi connectivity index (χ4v) is 2.89. The Labute approximate surface area is 168 Å². The van der Waals surface area contributed by atoms with Crippen LogP contribution in [0.25, 0.3) is 0 Å². The summed E-state index contributed by atoms with van der Waals surface area (Å²) in [5.74, 6) is 2.86. The van der Waals surface area contributed by atoms with Crippen LogP contribution in [0.2, 0.25) is 0 Å². The number of aromatic nitrogens is 3. The van der Waals surface area contributed by atoms with Crippen molar-refractivity contribution in [1.82, 2.24) is 20.3 Å². The molecular weight excluding hydrogens is 378 g/mol. The number of carbonyl (C=O) groups is 1. The van der Waals surface area contributed by atoms with Gasteiger partial charge in [-0.1, -0.05) is 0 Å². The molecule has 0 saturated carbocycles. The Morgan fingerprint density at radius 1 is 1.14 bits per heavy atom. The first-order valence-electron chi connectivity index (χ1n) is 9.28. The number of carbonyl (C=O) groups excluding carboxylic acids is 1. The number of anilines is 3. The van der Waals surface area contributed by atoms with E-state index in [4.69, 9.17) is 14.2 Å². The van der Waals surface area contributed by atoms with Crippen molar-refractivity contribution >= 4 is 23.6 Å². The van der Waals surface area contributed by atoms with Gasteiger partial charge in [-0.25, -0.2) is 4.79 Å². The maximum absolute atomic E-state index is 12.3. The van der Waals surface area contributed by atoms with Crippen LogP contribution < -0.4 is 29.9 Å². The lowest BCUT2D eigenvalue weighted by atomic mass is 10.3. The highest BCUT2D eigenvalue weighted by atomic mass is 16.7. The third-order valence-electron chi connectivity index (χ3n) is 4.39. The van der Waals surface area contributed by atoms with E-state index in [1.54, 1.807) is 18.2 Å². The Bertz CT molecular complexity index is 887. The first-order valence-corrected chi connectivity index (χ1v) is 9.28. The third kappa shape index (κ3) is 4.57. The molecule has 1 saturated heterocycles. The zero-order valence-electron chi connectivity index (χ0n) is 16.3. The van der Waals surface area contributed by atoms with Crippen LogP contribution in [-0.4, -0.2) is 68.2 Å². The molecule has 3 heterocycles. The Morgan fingerprint density at radius 3 is 2.72 bits per heavy atom. The van der Waals surface area contributed by atoms with E-state index in [9.17, 15) is 4.79 Å². The van der Waals surface area contributed by atoms with Gasteiger partial charge in [-0.15, -0.1) is 0 Å². The quantitative estimate of drug-likeness (QED) is 0.752. The number of hydrogen-bond donors (Lipinski definition) is 2. The summed E-state index contributed by atoms with van der Waals surface area (Å²) in [6.07, 6.45) is 0. The first-order chi connectivity index (χ1) is 14.1. The lowest BCUT2D eigenvalue weighted by Crippen LogP contribution is -2.38. The number of fused-ring (bicyclic) bond motifs is 1. The smallest absolute Gasteiger partial charge is 0.319 e. The van der Waals surface area contributed by atoms with Gasteiger partial charge in [0.05, 0.1) is 19.8 Å². The second kappa shape index (κ2) is 8.35. The molecule has 0 unspecified atom stereocenters. The van der Waals surface area contributed by atoms with Gasteiger partial charge in [-0.2, -0.15) is 15.0 Å². The van der Waals surface area contributed by atoms with Crippen molar-refractivity contribution in [3.63, 3.8) is 0 Å². The second-order valence-electron chi connectivity index (χ2n) is 6.72. The van der Waals surface area contributed by atoms with Gasteiger partial charge < -0.3 is 34.6 Å². The highest BCUT2D eigenvalue weighted by Gasteiger charge is 2.18. The molecule has 1 fully saturated rings. The third-order valence-corrected chi connectivity index (χ3v) is 4.39. The zero-order valence-corrected chi connectivity index (χ0v) is 16.3. The van der Waals surface area contributed by atoms with Gasteiger partial charge in [-0.05, 0) is 12.1 Å². The van der Waals surface area contributed by atoms with Crippen molar-refractivity contribution in [2.45, 2.75) is 6.54 Å². The summed E-state index contributed by atoms with van der Waals surface area (Å²) in [4.78, 5) is 29.6. The summed E-state index contributed by atoms with van der Waals surface area (Å²) in [7, 11) is 3.73. The number of morpholine rings is 1. The molecule has 0 bridgehead atoms. The van der Waals surface area contributed by atoms with E-state index < -0.39 is 0 Å². The van der Waals surface area contributed by atoms with Crippen LogP contribution in [-0.2, 0) is 11.3 Å². The number of rotatable bonds is 5. The largest absolute Gasteiger partial charge is 0.454 e. The van der Waals surface area contributed by atoms with Crippen molar-refractivity contribution in [2.24, 2.45) is 0 Å². The van der Waals surface area contributed by atoms with Crippen LogP contribution in [0, 0.1) is 0 Å². The van der Waals surface area contributed by atoms with Crippen LogP contribution in [0.5, 0.6) is 11.5 Å². The molecule has 2 aliphatic heterocycles. The fraction of sp³-hybridized carbons (Fsp3) is 0.444. The normalized spacial score (nSPS) is 15.2. The molecule has 1 aromatic carbocycles. The number of hydrogen-bond acceptors (Lipinski definition) is 9. The van der Waals surface area contributed by atoms with E-state index in [1.165, 1.54) is 0 Å². The van der Waals surface area contributed by atoms with Crippen molar-refractivity contribution in [3.8, 4) is 11.5 Å². The SMILES string of the molecule is CN(C)c1nc(CNC(=O)Nc2ccc3c(c2)OCO3)nc(N2CCOCC2)n1. The van der Waals surface area contributed by atoms with Crippen molar-refractivity contribution in [2.75, 3.05) is 62.3 Å². The number of ether oxygens (including phenoxy) is 3. The molecule has 0 aliphatic carbocycles. The van der Waals surface area contributed by atoms with Crippen LogP contribution in [0.3, 0.4) is 0 Å². The molecule has 0 spiro atoms. The molecule has 0 radical (unpaired) electrons. The molecule has 4 rings (SSSR count). The molecule has 0 atom stereocenters. The summed E-state index contributed by atoms with van der Waals surface area (Å²) in [5, 5.41) is 5.54. The minimum absolute atomic E-state index is 0.164. The minimum atomic E-state index is -0.372. The zero-order chi connectivity index (χ0) is 20.2. The number of urea groups is 1. The molecule has 2 aliphatic rings. The van der Waals surface area contributed by atoms with Gasteiger partial charge in [0.1, 0.15) is 0 Å². The average Bonchev–Trinajstić information content (AvgIpc) is 3.20. The fourth-order valence-electron chi connectivity index (χ4n) is 2.89. The van der Waals surface area contributed by atoms with Crippen molar-refractivity contribution < 1.29 is 19.0 Å². The Morgan fingerprint density at radius 2 is 1.93 bits per heavy atom. The van der Waals surface area contributed by atoms with Crippen molar-refractivity contribution in [1.29, 1.82) is 0 Å². The summed E-state index contributed by atoms with van der Waals surface area (Å²) >= 11 is 0. The molecule has 11 heteroatoms. The predicted molar refractivity (Wildman–Crippen MR) is 106 cm³/mol. The second-order valence-corrected chi connectivity index (χ2v) is 6.72. The molecule has 29 heavy (non-hydrogen) atoms. The number of amides is 2. The summed E-state index contributed by atoms with van der Waals surface area (Å²) in [6.45, 7) is 3.05. The summed E-state index contributed by atoms with van der Waals surface area (Å²) < 4.78 is 16.0. The van der Waals surface area contributed by atoms with Crippen LogP contribution in [0.4, 0.5) is 22.4 Å². The monoisotopic (exact) mass is 401 g/mol. The standard InChI is InChI=1S/C18H23N7O4/c1-24(2)16-21-15(22-17(23-16)25-5-7-27-8-6-25)10-19-18(26)20-12-3-4-13-14(9-12)29-11-28-13/h3-4,9H,5-8,10-11H2,1-2H3,(H2,19,20,26). The van der Waals surface area contributed by atoms with Crippen LogP contribution >= 0.6 is 0 Å². The molecule has 2 amide bonds. The van der Waals surface area contributed by atoms with E-state index in [2.05, 4.69) is 25.6 Å². The van der Waals surface area contributed by atoms with E-state index in [-0.39, 0.29) is 19.4 Å². The van der Waals surface area contributed by atoms with E-state index in [0.29, 0.717) is 61.2 Å². The predicted octanol–water partition coefficient (Wildman–Crippen LogP) is 0.825. The van der Waals surface area contributed by atoms with Gasteiger partial charge in [0.25, 0.3) is 0 Å². The lowest BCUT2D eigenvalue weighted by molar-refractivity contribution is 0.122. The van der Waals surface area contributed by atoms with Crippen molar-refractivity contribution in [3.05, 3.63) is 24.0 Å². The Balaban J connectivity index is 1.41. The van der Waals surface area contributed by atoms with E-state index in [0.717, 1.165) is 0 Å². The number of nitrogens with one attached hydrogen (secondary N) is 2. The number of nitrogens with zero attached hydrogens (tertiary/aromatic N) is 5. The average molecular weight is 401 g/mol. The summed E-state index contributed by atoms with van der Waals surface area (Å²) in [6, 6.07) is 4.84. The molecule has 2 aromatic rings. The van der Waals surface area contributed by atoms with Gasteiger partial charge in [0, 0.05) is 38.9 Å². The van der Waals surface area contributed by atoms with Crippen LogP contribution in [0.1, 0.15) is 5.82 Å². The Hall–Kier alpha value is -3.34. The summed E-state index contributed by atoms with van der Waals surface area (Å²) in [5.41, 5.74) is 0.602. The highest BCUT2D eigenvalue weighted by Crippen LogP contribution is 2.34. The van der Waals surface area contributed by atoms with Gasteiger partial charge in [0.2, 0.25) is 18.7 Å². The molecule has 11 nitrogen and oxygen atoms in total. The molecule has 1 aromatic heterocycles. The number of benzene rings is 1. The van der Waals surface area contributed by atoms with Gasteiger partial charge in [-0.3, -0.25) is 0 Å². The molecule has 2 N–H and O–H groups in total. The van der Waals surface area contributed by atoms with Crippen LogP contribution in [0.15, 0.2) is 18.2 Å². The molecule has 154 valence electrons. The molecular formula is C18H23N7O4. The van der Waals surface area contributed by atoms with E-state index >= 15 is 0 Å².